The molecule has 0 atom stereocenters. The first-order valence-corrected chi connectivity index (χ1v) is 8.09. The summed E-state index contributed by atoms with van der Waals surface area (Å²) in [6.45, 7) is 10.3. The Labute approximate surface area is 143 Å². The molecule has 1 saturated heterocycles. The van der Waals surface area contributed by atoms with E-state index in [1.807, 2.05) is 30.3 Å². The van der Waals surface area contributed by atoms with Gasteiger partial charge < -0.3 is 5.32 Å². The predicted octanol–water partition coefficient (Wildman–Crippen LogP) is 3.43. The summed E-state index contributed by atoms with van der Waals surface area (Å²) in [5.74, 6) is 0. The third-order valence-electron chi connectivity index (χ3n) is 3.73. The Morgan fingerprint density at radius 1 is 1.12 bits per heavy atom. The van der Waals surface area contributed by atoms with Crippen molar-refractivity contribution in [2.45, 2.75) is 58.5 Å². The van der Waals surface area contributed by atoms with E-state index in [1.165, 1.54) is 0 Å². The molecule has 0 saturated carbocycles. The molecule has 0 aromatic heterocycles. The van der Waals surface area contributed by atoms with Gasteiger partial charge in [0, 0.05) is 29.6 Å². The minimum Gasteiger partial charge on any atom is -0.306 e. The third-order valence-corrected chi connectivity index (χ3v) is 3.73. The SMILES string of the molecule is CC(=NOC(=O)NN=C1CC(C)(C)NC(C)(C)C1)c1ccccc1. The number of amides is 1. The molecule has 0 bridgehead atoms. The van der Waals surface area contributed by atoms with Crippen molar-refractivity contribution < 1.29 is 9.63 Å². The second-order valence-electron chi connectivity index (χ2n) is 7.46. The smallest absolute Gasteiger partial charge is 0.306 e. The zero-order chi connectivity index (χ0) is 17.8. The summed E-state index contributed by atoms with van der Waals surface area (Å²) in [5.41, 5.74) is 4.77. The fraction of sp³-hybridized carbons (Fsp3) is 0.500. The molecule has 0 radical (unpaired) electrons. The fourth-order valence-corrected chi connectivity index (χ4v) is 3.15. The lowest BCUT2D eigenvalue weighted by Gasteiger charge is -2.43. The highest BCUT2D eigenvalue weighted by molar-refractivity contribution is 5.98. The van der Waals surface area contributed by atoms with Gasteiger partial charge in [-0.05, 0) is 40.2 Å². The summed E-state index contributed by atoms with van der Waals surface area (Å²) in [5, 5.41) is 11.6. The summed E-state index contributed by atoms with van der Waals surface area (Å²) < 4.78 is 0. The van der Waals surface area contributed by atoms with Crippen LogP contribution in [0, 0.1) is 0 Å². The first kappa shape index (κ1) is 18.1. The third kappa shape index (κ3) is 5.45. The summed E-state index contributed by atoms with van der Waals surface area (Å²) in [7, 11) is 0. The fourth-order valence-electron chi connectivity index (χ4n) is 3.15. The second kappa shape index (κ2) is 7.13. The van der Waals surface area contributed by atoms with Crippen LogP contribution >= 0.6 is 0 Å². The summed E-state index contributed by atoms with van der Waals surface area (Å²) >= 11 is 0. The van der Waals surface area contributed by atoms with Gasteiger partial charge in [0.25, 0.3) is 0 Å². The van der Waals surface area contributed by atoms with Crippen molar-refractivity contribution >= 4 is 17.5 Å². The number of carbonyl (C=O) groups excluding carboxylic acids is 1. The molecule has 24 heavy (non-hydrogen) atoms. The van der Waals surface area contributed by atoms with E-state index < -0.39 is 6.09 Å². The molecule has 1 aliphatic rings. The van der Waals surface area contributed by atoms with Crippen LogP contribution < -0.4 is 10.7 Å². The number of carbonyl (C=O) groups is 1. The van der Waals surface area contributed by atoms with Crippen LogP contribution in [0.1, 0.15) is 53.0 Å². The van der Waals surface area contributed by atoms with Crippen molar-refractivity contribution in [3.63, 3.8) is 0 Å². The minimum absolute atomic E-state index is 0.0613. The van der Waals surface area contributed by atoms with Crippen molar-refractivity contribution in [3.05, 3.63) is 35.9 Å². The van der Waals surface area contributed by atoms with Crippen molar-refractivity contribution in [1.29, 1.82) is 0 Å². The molecule has 0 spiro atoms. The number of nitrogens with zero attached hydrogens (tertiary/aromatic N) is 2. The number of piperidine rings is 1. The highest BCUT2D eigenvalue weighted by atomic mass is 16.7. The van der Waals surface area contributed by atoms with Gasteiger partial charge in [0.15, 0.2) is 0 Å². The highest BCUT2D eigenvalue weighted by Gasteiger charge is 2.35. The summed E-state index contributed by atoms with van der Waals surface area (Å²) in [6, 6.07) is 9.53. The lowest BCUT2D eigenvalue weighted by Crippen LogP contribution is -2.58. The van der Waals surface area contributed by atoms with Crippen molar-refractivity contribution in [2.75, 3.05) is 0 Å². The van der Waals surface area contributed by atoms with Gasteiger partial charge in [-0.15, -0.1) is 0 Å². The number of hydrazone groups is 1. The van der Waals surface area contributed by atoms with Crippen LogP contribution in [0.25, 0.3) is 0 Å². The van der Waals surface area contributed by atoms with Gasteiger partial charge in [-0.2, -0.15) is 5.10 Å². The molecule has 1 aliphatic heterocycles. The zero-order valence-electron chi connectivity index (χ0n) is 15.0. The molecule has 1 heterocycles. The van der Waals surface area contributed by atoms with Crippen LogP contribution in [0.2, 0.25) is 0 Å². The first-order chi connectivity index (χ1) is 11.2. The molecular formula is C18H26N4O2. The molecule has 130 valence electrons. The standard InChI is InChI=1S/C18H26N4O2/c1-13(14-9-7-6-8-10-14)21-24-16(23)20-19-15-11-17(2,3)22-18(4,5)12-15/h6-10,22H,11-12H2,1-5H3,(H,20,23). The second-order valence-corrected chi connectivity index (χ2v) is 7.46. The number of oxime groups is 1. The molecule has 1 aromatic rings. The Morgan fingerprint density at radius 2 is 1.71 bits per heavy atom. The van der Waals surface area contributed by atoms with Crippen LogP contribution in [0.3, 0.4) is 0 Å². The van der Waals surface area contributed by atoms with E-state index in [1.54, 1.807) is 6.92 Å². The van der Waals surface area contributed by atoms with Crippen LogP contribution in [0.15, 0.2) is 40.6 Å². The number of nitrogens with one attached hydrogen (secondary N) is 2. The Morgan fingerprint density at radius 3 is 2.29 bits per heavy atom. The molecule has 6 heteroatoms. The molecule has 2 N–H and O–H groups in total. The van der Waals surface area contributed by atoms with Crippen molar-refractivity contribution in [3.8, 4) is 0 Å². The van der Waals surface area contributed by atoms with Crippen molar-refractivity contribution in [1.82, 2.24) is 10.7 Å². The van der Waals surface area contributed by atoms with Crippen LogP contribution in [-0.4, -0.2) is 28.6 Å². The number of hydrogen-bond acceptors (Lipinski definition) is 5. The van der Waals surface area contributed by atoms with Crippen LogP contribution in [0.5, 0.6) is 0 Å². The lowest BCUT2D eigenvalue weighted by atomic mass is 9.81. The van der Waals surface area contributed by atoms with E-state index in [9.17, 15) is 4.79 Å². The van der Waals surface area contributed by atoms with Gasteiger partial charge in [0.2, 0.25) is 0 Å². The number of benzene rings is 1. The number of rotatable bonds is 3. The maximum absolute atomic E-state index is 11.8. The molecule has 1 amide bonds. The minimum atomic E-state index is -0.688. The van der Waals surface area contributed by atoms with E-state index in [0.717, 1.165) is 24.1 Å². The first-order valence-electron chi connectivity index (χ1n) is 8.09. The Balaban J connectivity index is 1.93. The van der Waals surface area contributed by atoms with Crippen LogP contribution in [0.4, 0.5) is 4.79 Å². The molecule has 0 aliphatic carbocycles. The average Bonchev–Trinajstić information content (AvgIpc) is 2.48. The highest BCUT2D eigenvalue weighted by Crippen LogP contribution is 2.26. The average molecular weight is 330 g/mol. The Hall–Kier alpha value is -2.21. The number of hydrogen-bond donors (Lipinski definition) is 2. The molecule has 0 unspecified atom stereocenters. The zero-order valence-corrected chi connectivity index (χ0v) is 15.0. The molecule has 6 nitrogen and oxygen atoms in total. The van der Waals surface area contributed by atoms with Gasteiger partial charge in [0.1, 0.15) is 0 Å². The van der Waals surface area contributed by atoms with Crippen molar-refractivity contribution in [2.24, 2.45) is 10.3 Å². The molecular weight excluding hydrogens is 304 g/mol. The maximum atomic E-state index is 11.8. The largest absolute Gasteiger partial charge is 0.453 e. The van der Waals surface area contributed by atoms with Gasteiger partial charge in [-0.1, -0.05) is 35.5 Å². The van der Waals surface area contributed by atoms with Gasteiger partial charge >= 0.3 is 6.09 Å². The topological polar surface area (TPSA) is 75.1 Å². The quantitative estimate of drug-likeness (QED) is 0.506. The predicted molar refractivity (Wildman–Crippen MR) is 96.2 cm³/mol. The van der Waals surface area contributed by atoms with Gasteiger partial charge in [0.05, 0.1) is 5.71 Å². The van der Waals surface area contributed by atoms with Crippen LogP contribution in [-0.2, 0) is 4.84 Å². The van der Waals surface area contributed by atoms with E-state index in [-0.39, 0.29) is 11.1 Å². The van der Waals surface area contributed by atoms with E-state index in [4.69, 9.17) is 4.84 Å². The van der Waals surface area contributed by atoms with E-state index >= 15 is 0 Å². The Bertz CT molecular complexity index is 630. The van der Waals surface area contributed by atoms with E-state index in [0.29, 0.717) is 5.71 Å². The summed E-state index contributed by atoms with van der Waals surface area (Å²) in [4.78, 5) is 16.6. The van der Waals surface area contributed by atoms with Gasteiger partial charge in [-0.25, -0.2) is 10.2 Å². The molecule has 2 rings (SSSR count). The molecule has 1 fully saturated rings. The lowest BCUT2D eigenvalue weighted by molar-refractivity contribution is 0.151. The molecule has 1 aromatic carbocycles. The Kier molecular flexibility index (Phi) is 5.39. The monoisotopic (exact) mass is 330 g/mol. The summed E-state index contributed by atoms with van der Waals surface area (Å²) in [6.07, 6.45) is 0.846. The maximum Gasteiger partial charge on any atom is 0.453 e. The normalized spacial score (nSPS) is 19.5. The van der Waals surface area contributed by atoms with E-state index in [2.05, 4.69) is 48.7 Å². The van der Waals surface area contributed by atoms with Gasteiger partial charge in [-0.3, -0.25) is 4.84 Å².